The SMILES string of the molecule is CC(C)Oc1cc2c3ccccc3n(C)c2c(=O)cc1Cl. The first-order valence-corrected chi connectivity index (χ1v) is 7.24. The van der Waals surface area contributed by atoms with Crippen molar-refractivity contribution in [1.82, 2.24) is 4.57 Å². The molecule has 0 saturated heterocycles. The Morgan fingerprint density at radius 2 is 1.86 bits per heavy atom. The highest BCUT2D eigenvalue weighted by Crippen LogP contribution is 2.31. The second-order valence-corrected chi connectivity index (χ2v) is 5.78. The van der Waals surface area contributed by atoms with Crippen molar-refractivity contribution in [2.45, 2.75) is 20.0 Å². The Morgan fingerprint density at radius 1 is 1.14 bits per heavy atom. The molecule has 2 aromatic carbocycles. The van der Waals surface area contributed by atoms with Crippen LogP contribution in [-0.4, -0.2) is 10.7 Å². The Hall–Kier alpha value is -2.00. The summed E-state index contributed by atoms with van der Waals surface area (Å²) in [6.45, 7) is 3.86. The van der Waals surface area contributed by atoms with Crippen molar-refractivity contribution in [2.24, 2.45) is 7.05 Å². The summed E-state index contributed by atoms with van der Waals surface area (Å²) in [4.78, 5) is 12.5. The number of fused-ring (bicyclic) bond motifs is 3. The molecule has 1 aromatic heterocycles. The first kappa shape index (κ1) is 14.0. The molecule has 1 heterocycles. The fourth-order valence-corrected chi connectivity index (χ4v) is 2.86. The molecule has 0 amide bonds. The van der Waals surface area contributed by atoms with Crippen LogP contribution in [0, 0.1) is 0 Å². The molecule has 3 rings (SSSR count). The van der Waals surface area contributed by atoms with Crippen LogP contribution in [0.1, 0.15) is 13.8 Å². The lowest BCUT2D eigenvalue weighted by Gasteiger charge is -2.09. The van der Waals surface area contributed by atoms with Crippen LogP contribution < -0.4 is 10.2 Å². The van der Waals surface area contributed by atoms with Gasteiger partial charge in [0.1, 0.15) is 5.75 Å². The standard InChI is InChI=1S/C17H16ClNO2/c1-10(2)21-16-8-12-11-6-4-5-7-14(11)19(3)17(12)15(20)9-13(16)18/h4-10H,1-3H3. The Morgan fingerprint density at radius 3 is 2.57 bits per heavy atom. The van der Waals surface area contributed by atoms with Crippen LogP contribution in [0.3, 0.4) is 0 Å². The Labute approximate surface area is 127 Å². The van der Waals surface area contributed by atoms with Gasteiger partial charge >= 0.3 is 0 Å². The Bertz CT molecular complexity index is 897. The van der Waals surface area contributed by atoms with Crippen molar-refractivity contribution in [3.05, 3.63) is 51.6 Å². The molecule has 0 radical (unpaired) electrons. The number of aryl methyl sites for hydroxylation is 1. The van der Waals surface area contributed by atoms with Crippen LogP contribution in [0.2, 0.25) is 5.02 Å². The Kier molecular flexibility index (Phi) is 3.38. The summed E-state index contributed by atoms with van der Waals surface area (Å²) in [5, 5.41) is 2.22. The predicted octanol–water partition coefficient (Wildman–Crippen LogP) is 4.13. The number of para-hydroxylation sites is 1. The zero-order valence-corrected chi connectivity index (χ0v) is 12.9. The summed E-state index contributed by atoms with van der Waals surface area (Å²) in [6.07, 6.45) is -0.00923. The van der Waals surface area contributed by atoms with Crippen molar-refractivity contribution < 1.29 is 4.74 Å². The highest BCUT2D eigenvalue weighted by molar-refractivity contribution is 6.32. The van der Waals surface area contributed by atoms with E-state index >= 15 is 0 Å². The zero-order valence-electron chi connectivity index (χ0n) is 12.2. The average molecular weight is 302 g/mol. The van der Waals surface area contributed by atoms with Crippen LogP contribution >= 0.6 is 11.6 Å². The van der Waals surface area contributed by atoms with Gasteiger partial charge in [-0.15, -0.1) is 0 Å². The first-order chi connectivity index (χ1) is 9.99. The number of benzene rings is 1. The number of hydrogen-bond donors (Lipinski definition) is 0. The molecule has 0 atom stereocenters. The fourth-order valence-electron chi connectivity index (χ4n) is 2.67. The second kappa shape index (κ2) is 5.08. The Balaban J connectivity index is 2.51. The number of aromatic nitrogens is 1. The minimum atomic E-state index is -0.104. The molecule has 0 spiro atoms. The highest BCUT2D eigenvalue weighted by atomic mass is 35.5. The molecule has 108 valence electrons. The quantitative estimate of drug-likeness (QED) is 0.712. The van der Waals surface area contributed by atoms with Crippen molar-refractivity contribution in [2.75, 3.05) is 0 Å². The van der Waals surface area contributed by atoms with E-state index in [-0.39, 0.29) is 11.5 Å². The minimum Gasteiger partial charge on any atom is -0.489 e. The van der Waals surface area contributed by atoms with Gasteiger partial charge in [-0.25, -0.2) is 0 Å². The molecule has 0 unspecified atom stereocenters. The van der Waals surface area contributed by atoms with Gasteiger partial charge in [0, 0.05) is 29.4 Å². The summed E-state index contributed by atoms with van der Waals surface area (Å²) in [5.41, 5.74) is 1.55. The van der Waals surface area contributed by atoms with E-state index in [1.54, 1.807) is 0 Å². The van der Waals surface area contributed by atoms with Gasteiger partial charge in [0.15, 0.2) is 0 Å². The van der Waals surface area contributed by atoms with E-state index in [4.69, 9.17) is 16.3 Å². The smallest absolute Gasteiger partial charge is 0.204 e. The first-order valence-electron chi connectivity index (χ1n) is 6.86. The van der Waals surface area contributed by atoms with Crippen molar-refractivity contribution in [3.63, 3.8) is 0 Å². The number of hydrogen-bond acceptors (Lipinski definition) is 2. The third-order valence-corrected chi connectivity index (χ3v) is 3.81. The molecule has 4 heteroatoms. The summed E-state index contributed by atoms with van der Waals surface area (Å²) in [6, 6.07) is 11.2. The van der Waals surface area contributed by atoms with E-state index in [0.29, 0.717) is 16.3 Å². The lowest BCUT2D eigenvalue weighted by molar-refractivity contribution is 0.243. The maximum absolute atomic E-state index is 12.5. The predicted molar refractivity (Wildman–Crippen MR) is 87.5 cm³/mol. The number of rotatable bonds is 2. The maximum Gasteiger partial charge on any atom is 0.204 e. The number of ether oxygens (including phenoxy) is 1. The third-order valence-electron chi connectivity index (χ3n) is 3.51. The zero-order chi connectivity index (χ0) is 15.1. The van der Waals surface area contributed by atoms with E-state index in [1.807, 2.05) is 55.8 Å². The molecule has 0 saturated carbocycles. The molecule has 0 N–H and O–H groups in total. The summed E-state index contributed by atoms with van der Waals surface area (Å²) in [7, 11) is 1.89. The summed E-state index contributed by atoms with van der Waals surface area (Å²) >= 11 is 6.21. The van der Waals surface area contributed by atoms with Gasteiger partial charge in [-0.3, -0.25) is 4.79 Å². The van der Waals surface area contributed by atoms with Gasteiger partial charge in [-0.1, -0.05) is 29.8 Å². The van der Waals surface area contributed by atoms with E-state index < -0.39 is 0 Å². The summed E-state index contributed by atoms with van der Waals surface area (Å²) in [5.74, 6) is 0.537. The van der Waals surface area contributed by atoms with Crippen molar-refractivity contribution >= 4 is 33.4 Å². The van der Waals surface area contributed by atoms with E-state index in [2.05, 4.69) is 0 Å². The largest absolute Gasteiger partial charge is 0.489 e. The van der Waals surface area contributed by atoms with Crippen molar-refractivity contribution in [3.8, 4) is 5.75 Å². The number of halogens is 1. The lowest BCUT2D eigenvalue weighted by atomic mass is 10.2. The molecule has 0 aliphatic rings. The molecule has 0 bridgehead atoms. The molecule has 0 aliphatic heterocycles. The second-order valence-electron chi connectivity index (χ2n) is 5.37. The molecule has 21 heavy (non-hydrogen) atoms. The van der Waals surface area contributed by atoms with Gasteiger partial charge in [0.2, 0.25) is 5.43 Å². The fraction of sp³-hybridized carbons (Fsp3) is 0.235. The molecule has 0 fully saturated rings. The van der Waals surface area contributed by atoms with Crippen LogP contribution in [-0.2, 0) is 7.05 Å². The molecular formula is C17H16ClNO2. The maximum atomic E-state index is 12.5. The van der Waals surface area contributed by atoms with Crippen LogP contribution in [0.5, 0.6) is 5.75 Å². The molecular weight excluding hydrogens is 286 g/mol. The normalized spacial score (nSPS) is 11.5. The summed E-state index contributed by atoms with van der Waals surface area (Å²) < 4.78 is 7.65. The van der Waals surface area contributed by atoms with Gasteiger partial charge in [0.05, 0.1) is 16.6 Å². The van der Waals surface area contributed by atoms with Crippen LogP contribution in [0.25, 0.3) is 21.8 Å². The topological polar surface area (TPSA) is 31.2 Å². The number of nitrogens with zero attached hydrogens (tertiary/aromatic N) is 1. The third kappa shape index (κ3) is 2.28. The molecule has 3 aromatic rings. The van der Waals surface area contributed by atoms with Crippen LogP contribution in [0.4, 0.5) is 0 Å². The minimum absolute atomic E-state index is 0.00923. The monoisotopic (exact) mass is 301 g/mol. The molecule has 0 aliphatic carbocycles. The van der Waals surface area contributed by atoms with E-state index in [0.717, 1.165) is 16.3 Å². The van der Waals surface area contributed by atoms with Gasteiger partial charge in [0.25, 0.3) is 0 Å². The average Bonchev–Trinajstić information content (AvgIpc) is 2.64. The highest BCUT2D eigenvalue weighted by Gasteiger charge is 2.13. The van der Waals surface area contributed by atoms with E-state index in [1.165, 1.54) is 6.07 Å². The van der Waals surface area contributed by atoms with Gasteiger partial charge in [-0.2, -0.15) is 0 Å². The van der Waals surface area contributed by atoms with Gasteiger partial charge < -0.3 is 9.30 Å². The van der Waals surface area contributed by atoms with Crippen LogP contribution in [0.15, 0.2) is 41.2 Å². The van der Waals surface area contributed by atoms with Gasteiger partial charge in [-0.05, 0) is 26.0 Å². The van der Waals surface area contributed by atoms with Crippen molar-refractivity contribution in [1.29, 1.82) is 0 Å². The van der Waals surface area contributed by atoms with E-state index in [9.17, 15) is 4.79 Å². The molecule has 3 nitrogen and oxygen atoms in total. The lowest BCUT2D eigenvalue weighted by Crippen LogP contribution is -2.05.